The molecule has 1 aromatic carbocycles. The van der Waals surface area contributed by atoms with Crippen molar-refractivity contribution in [2.45, 2.75) is 18.9 Å². The Labute approximate surface area is 110 Å². The lowest BCUT2D eigenvalue weighted by atomic mass is 10.1. The van der Waals surface area contributed by atoms with Crippen LogP contribution in [0.25, 0.3) is 5.69 Å². The highest BCUT2D eigenvalue weighted by Crippen LogP contribution is 2.19. The van der Waals surface area contributed by atoms with E-state index < -0.39 is 0 Å². The van der Waals surface area contributed by atoms with Crippen molar-refractivity contribution in [3.05, 3.63) is 36.7 Å². The van der Waals surface area contributed by atoms with Crippen LogP contribution in [0.5, 0.6) is 0 Å². The lowest BCUT2D eigenvalue weighted by Crippen LogP contribution is -2.35. The molecule has 2 aromatic rings. The second-order valence-electron chi connectivity index (χ2n) is 4.67. The fourth-order valence-electron chi connectivity index (χ4n) is 2.32. The zero-order valence-electron chi connectivity index (χ0n) is 10.5. The zero-order chi connectivity index (χ0) is 13.1. The van der Waals surface area contributed by atoms with Gasteiger partial charge < -0.3 is 10.6 Å². The molecular formula is C13H16FN5. The molecule has 0 bridgehead atoms. The molecule has 6 heteroatoms. The number of nitrogens with one attached hydrogen (secondary N) is 2. The van der Waals surface area contributed by atoms with Crippen LogP contribution in [0.1, 0.15) is 12.8 Å². The molecule has 0 unspecified atom stereocenters. The van der Waals surface area contributed by atoms with Gasteiger partial charge in [0.2, 0.25) is 0 Å². The predicted molar refractivity (Wildman–Crippen MR) is 70.8 cm³/mol. The van der Waals surface area contributed by atoms with Gasteiger partial charge in [-0.1, -0.05) is 0 Å². The molecule has 0 aliphatic carbocycles. The summed E-state index contributed by atoms with van der Waals surface area (Å²) in [6.45, 7) is 2.02. The van der Waals surface area contributed by atoms with Crippen LogP contribution in [0.4, 0.5) is 10.1 Å². The van der Waals surface area contributed by atoms with Crippen molar-refractivity contribution in [2.75, 3.05) is 18.4 Å². The highest BCUT2D eigenvalue weighted by atomic mass is 19.1. The smallest absolute Gasteiger partial charge is 0.150 e. The number of nitrogens with zero attached hydrogens (tertiary/aromatic N) is 3. The van der Waals surface area contributed by atoms with E-state index in [1.807, 2.05) is 6.07 Å². The van der Waals surface area contributed by atoms with Gasteiger partial charge in [0.15, 0.2) is 5.82 Å². The summed E-state index contributed by atoms with van der Waals surface area (Å²) in [4.78, 5) is 3.82. The molecule has 100 valence electrons. The molecule has 1 aromatic heterocycles. The van der Waals surface area contributed by atoms with E-state index >= 15 is 0 Å². The number of piperidine rings is 1. The first kappa shape index (κ1) is 12.1. The van der Waals surface area contributed by atoms with E-state index in [9.17, 15) is 4.39 Å². The van der Waals surface area contributed by atoms with Crippen LogP contribution in [0, 0.1) is 5.82 Å². The SMILES string of the molecule is Fc1cc(NC2CCNCC2)ccc1-n1cncn1. The summed E-state index contributed by atoms with van der Waals surface area (Å²) in [6, 6.07) is 5.52. The quantitative estimate of drug-likeness (QED) is 0.880. The summed E-state index contributed by atoms with van der Waals surface area (Å²) < 4.78 is 15.4. The fourth-order valence-corrected chi connectivity index (χ4v) is 2.32. The van der Waals surface area contributed by atoms with Crippen LogP contribution in [-0.4, -0.2) is 33.9 Å². The van der Waals surface area contributed by atoms with Gasteiger partial charge in [-0.05, 0) is 44.1 Å². The molecular weight excluding hydrogens is 245 g/mol. The summed E-state index contributed by atoms with van der Waals surface area (Å²) >= 11 is 0. The summed E-state index contributed by atoms with van der Waals surface area (Å²) in [5.74, 6) is -0.301. The minimum atomic E-state index is -0.301. The molecule has 0 amide bonds. The van der Waals surface area contributed by atoms with Crippen molar-refractivity contribution in [2.24, 2.45) is 0 Å². The summed E-state index contributed by atoms with van der Waals surface area (Å²) in [6.07, 6.45) is 5.00. The second kappa shape index (κ2) is 5.36. The Bertz CT molecular complexity index is 534. The maximum absolute atomic E-state index is 14.0. The Morgan fingerprint density at radius 2 is 2.16 bits per heavy atom. The van der Waals surface area contributed by atoms with Crippen molar-refractivity contribution in [3.8, 4) is 5.69 Å². The van der Waals surface area contributed by atoms with E-state index in [1.54, 1.807) is 6.07 Å². The van der Waals surface area contributed by atoms with E-state index in [4.69, 9.17) is 0 Å². The Hall–Kier alpha value is -1.95. The normalized spacial score (nSPS) is 16.5. The van der Waals surface area contributed by atoms with Gasteiger partial charge in [0, 0.05) is 11.7 Å². The van der Waals surface area contributed by atoms with Gasteiger partial charge in [-0.25, -0.2) is 14.1 Å². The highest BCUT2D eigenvalue weighted by Gasteiger charge is 2.13. The number of aromatic nitrogens is 3. The number of hydrogen-bond acceptors (Lipinski definition) is 4. The van der Waals surface area contributed by atoms with Crippen LogP contribution in [0.2, 0.25) is 0 Å². The van der Waals surface area contributed by atoms with Crippen LogP contribution in [0.3, 0.4) is 0 Å². The van der Waals surface area contributed by atoms with Crippen LogP contribution < -0.4 is 10.6 Å². The predicted octanol–water partition coefficient (Wildman–Crippen LogP) is 1.57. The highest BCUT2D eigenvalue weighted by molar-refractivity contribution is 5.50. The maximum Gasteiger partial charge on any atom is 0.150 e. The minimum Gasteiger partial charge on any atom is -0.382 e. The van der Waals surface area contributed by atoms with Crippen molar-refractivity contribution in [1.29, 1.82) is 0 Å². The molecule has 3 rings (SSSR count). The van der Waals surface area contributed by atoms with Gasteiger partial charge in [-0.2, -0.15) is 5.10 Å². The van der Waals surface area contributed by atoms with E-state index in [-0.39, 0.29) is 5.82 Å². The first-order chi connectivity index (χ1) is 9.33. The Morgan fingerprint density at radius 3 is 2.84 bits per heavy atom. The van der Waals surface area contributed by atoms with Crippen molar-refractivity contribution in [1.82, 2.24) is 20.1 Å². The van der Waals surface area contributed by atoms with Crippen molar-refractivity contribution < 1.29 is 4.39 Å². The first-order valence-corrected chi connectivity index (χ1v) is 6.45. The van der Waals surface area contributed by atoms with Gasteiger partial charge in [-0.3, -0.25) is 0 Å². The van der Waals surface area contributed by atoms with Gasteiger partial charge >= 0.3 is 0 Å². The van der Waals surface area contributed by atoms with Crippen molar-refractivity contribution in [3.63, 3.8) is 0 Å². The monoisotopic (exact) mass is 261 g/mol. The van der Waals surface area contributed by atoms with Crippen LogP contribution >= 0.6 is 0 Å². The molecule has 5 nitrogen and oxygen atoms in total. The molecule has 19 heavy (non-hydrogen) atoms. The Morgan fingerprint density at radius 1 is 1.32 bits per heavy atom. The lowest BCUT2D eigenvalue weighted by Gasteiger charge is -2.24. The fraction of sp³-hybridized carbons (Fsp3) is 0.385. The topological polar surface area (TPSA) is 54.8 Å². The third-order valence-electron chi connectivity index (χ3n) is 3.32. The summed E-state index contributed by atoms with van der Waals surface area (Å²) in [7, 11) is 0. The average Bonchev–Trinajstić information content (AvgIpc) is 2.94. The summed E-state index contributed by atoms with van der Waals surface area (Å²) in [5.41, 5.74) is 1.22. The van der Waals surface area contributed by atoms with Crippen molar-refractivity contribution >= 4 is 5.69 Å². The number of anilines is 1. The molecule has 1 aliphatic rings. The number of rotatable bonds is 3. The Kier molecular flexibility index (Phi) is 3.41. The lowest BCUT2D eigenvalue weighted by molar-refractivity contribution is 0.479. The number of halogens is 1. The standard InChI is InChI=1S/C13H16FN5/c14-12-7-11(18-10-3-5-15-6-4-10)1-2-13(12)19-9-16-8-17-19/h1-2,7-10,15,18H,3-6H2. The van der Waals surface area contributed by atoms with Crippen LogP contribution in [-0.2, 0) is 0 Å². The zero-order valence-corrected chi connectivity index (χ0v) is 10.5. The molecule has 1 fully saturated rings. The molecule has 1 saturated heterocycles. The van der Waals surface area contributed by atoms with E-state index in [1.165, 1.54) is 23.4 Å². The Balaban J connectivity index is 1.75. The molecule has 2 N–H and O–H groups in total. The third kappa shape index (κ3) is 2.73. The second-order valence-corrected chi connectivity index (χ2v) is 4.67. The van der Waals surface area contributed by atoms with E-state index in [0.717, 1.165) is 31.6 Å². The van der Waals surface area contributed by atoms with Gasteiger partial charge in [0.25, 0.3) is 0 Å². The molecule has 1 aliphatic heterocycles. The van der Waals surface area contributed by atoms with E-state index in [0.29, 0.717) is 11.7 Å². The molecule has 2 heterocycles. The number of hydrogen-bond donors (Lipinski definition) is 2. The average molecular weight is 261 g/mol. The largest absolute Gasteiger partial charge is 0.382 e. The van der Waals surface area contributed by atoms with Gasteiger partial charge in [0.05, 0.1) is 0 Å². The maximum atomic E-state index is 14.0. The third-order valence-corrected chi connectivity index (χ3v) is 3.32. The molecule has 0 atom stereocenters. The first-order valence-electron chi connectivity index (χ1n) is 6.45. The molecule has 0 saturated carbocycles. The van der Waals surface area contributed by atoms with Gasteiger partial charge in [-0.15, -0.1) is 0 Å². The molecule has 0 spiro atoms. The van der Waals surface area contributed by atoms with Gasteiger partial charge in [0.1, 0.15) is 18.3 Å². The number of benzene rings is 1. The van der Waals surface area contributed by atoms with Crippen LogP contribution in [0.15, 0.2) is 30.9 Å². The molecule has 0 radical (unpaired) electrons. The van der Waals surface area contributed by atoms with E-state index in [2.05, 4.69) is 20.7 Å². The minimum absolute atomic E-state index is 0.301. The summed E-state index contributed by atoms with van der Waals surface area (Å²) in [5, 5.41) is 10.6.